The number of Topliss-reactive ketones (excluding diaryl/α,β-unsaturated/α-hetero) is 1. The van der Waals surface area contributed by atoms with Crippen molar-refractivity contribution in [2.24, 2.45) is 16.7 Å². The van der Waals surface area contributed by atoms with Gasteiger partial charge in [0.2, 0.25) is 6.10 Å². The van der Waals surface area contributed by atoms with Gasteiger partial charge in [-0.1, -0.05) is 106 Å². The van der Waals surface area contributed by atoms with E-state index >= 15 is 0 Å². The summed E-state index contributed by atoms with van der Waals surface area (Å²) in [5.74, 6) is -4.99. The maximum absolute atomic E-state index is 12.9. The number of amides is 1. The van der Waals surface area contributed by atoms with E-state index in [4.69, 9.17) is 33.2 Å². The van der Waals surface area contributed by atoms with Gasteiger partial charge in [0.15, 0.2) is 17.5 Å². The van der Waals surface area contributed by atoms with E-state index in [1.807, 2.05) is 39.0 Å². The molecule has 2 aliphatic carbocycles. The van der Waals surface area contributed by atoms with E-state index in [0.717, 1.165) is 6.42 Å². The normalized spacial score (nSPS) is 25.0. The molecule has 6 rings (SSSR count). The molecule has 1 saturated carbocycles. The summed E-state index contributed by atoms with van der Waals surface area (Å²) in [6.45, 7) is 15.7. The first-order valence-electron chi connectivity index (χ1n) is 24.7. The predicted octanol–water partition coefficient (Wildman–Crippen LogP) is 6.55. The van der Waals surface area contributed by atoms with Crippen LogP contribution in [0.5, 0.6) is 0 Å². The number of carbonyl (C=O) groups excluding carboxylic acids is 6. The zero-order chi connectivity index (χ0) is 55.0. The zero-order valence-corrected chi connectivity index (χ0v) is 44.0. The molecule has 1 saturated heterocycles. The van der Waals surface area contributed by atoms with Crippen molar-refractivity contribution in [3.8, 4) is 0 Å². The molecule has 3 aliphatic rings. The van der Waals surface area contributed by atoms with Crippen LogP contribution in [0.15, 0.2) is 103 Å². The van der Waals surface area contributed by atoms with Crippen molar-refractivity contribution in [1.82, 2.24) is 5.32 Å². The van der Waals surface area contributed by atoms with Crippen molar-refractivity contribution < 1.29 is 82.0 Å². The maximum atomic E-state index is 12.9. The molecular formula is C56H73NO17. The van der Waals surface area contributed by atoms with Crippen LogP contribution in [0, 0.1) is 16.7 Å². The van der Waals surface area contributed by atoms with Crippen LogP contribution in [0.2, 0.25) is 0 Å². The number of carboxylic acid groups (broad SMARTS) is 1. The number of rotatable bonds is 19. The number of methoxy groups -OCH3 is 1. The van der Waals surface area contributed by atoms with Crippen molar-refractivity contribution in [1.29, 1.82) is 0 Å². The van der Waals surface area contributed by atoms with Crippen molar-refractivity contribution in [3.63, 3.8) is 0 Å². The van der Waals surface area contributed by atoms with Crippen LogP contribution in [0.4, 0.5) is 0 Å². The molecule has 0 unspecified atom stereocenters. The molecular weight excluding hydrogens is 959 g/mol. The molecule has 2 fully saturated rings. The molecule has 0 bridgehead atoms. The second-order valence-electron chi connectivity index (χ2n) is 19.5. The second kappa shape index (κ2) is 26.8. The summed E-state index contributed by atoms with van der Waals surface area (Å²) in [5.41, 5.74) is -0.956. The van der Waals surface area contributed by atoms with Gasteiger partial charge in [0.05, 0.1) is 36.9 Å². The Kier molecular flexibility index (Phi) is 21.8. The van der Waals surface area contributed by atoms with Gasteiger partial charge in [0.25, 0.3) is 5.91 Å². The fourth-order valence-corrected chi connectivity index (χ4v) is 9.78. The summed E-state index contributed by atoms with van der Waals surface area (Å²) >= 11 is 0. The Labute approximate surface area is 433 Å². The Bertz CT molecular complexity index is 2410. The molecule has 0 radical (unpaired) electrons. The quantitative estimate of drug-likeness (QED) is 0.0429. The van der Waals surface area contributed by atoms with Gasteiger partial charge in [-0.05, 0) is 69.9 Å². The van der Waals surface area contributed by atoms with Crippen molar-refractivity contribution >= 4 is 41.5 Å². The number of aliphatic hydroxyl groups is 2. The summed E-state index contributed by atoms with van der Waals surface area (Å²) in [4.78, 5) is 84.3. The maximum Gasteiger partial charge on any atom is 0.347 e. The SMILES string of the molecule is CC(=O)O[C@H](C)C(=O)[C@@]1(C)[C@H](C)[C@]2(OC(C)=O)CO[C@@H]2C[C@@H]1O.CC[C@H](OC(=O)c1ccccc1)[C@]1(O)CCC(C)=CC1(C)C.COCCOCC(=O)O[C@@H](C(=O)O)[C@@H](NC(=O)c1ccccc1)c1ccccc1. The number of benzene rings is 3. The third-order valence-electron chi connectivity index (χ3n) is 14.1. The fourth-order valence-electron chi connectivity index (χ4n) is 9.78. The van der Waals surface area contributed by atoms with Crippen LogP contribution < -0.4 is 5.32 Å². The first-order chi connectivity index (χ1) is 34.9. The highest BCUT2D eigenvalue weighted by atomic mass is 16.6. The number of allylic oxidation sites excluding steroid dienone is 1. The smallest absolute Gasteiger partial charge is 0.347 e. The van der Waals surface area contributed by atoms with Crippen molar-refractivity contribution in [2.45, 2.75) is 136 Å². The van der Waals surface area contributed by atoms with Crippen molar-refractivity contribution in [3.05, 3.63) is 119 Å². The molecule has 10 atom stereocenters. The zero-order valence-electron chi connectivity index (χ0n) is 44.0. The number of fused-ring (bicyclic) bond motifs is 1. The van der Waals surface area contributed by atoms with Crippen LogP contribution >= 0.6 is 0 Å². The first kappa shape index (κ1) is 60.2. The molecule has 1 aliphatic heterocycles. The van der Waals surface area contributed by atoms with Gasteiger partial charge in [-0.25, -0.2) is 14.4 Å². The van der Waals surface area contributed by atoms with Gasteiger partial charge in [-0.2, -0.15) is 0 Å². The van der Waals surface area contributed by atoms with Gasteiger partial charge >= 0.3 is 29.8 Å². The number of esters is 4. The minimum atomic E-state index is -1.64. The lowest BCUT2D eigenvalue weighted by molar-refractivity contribution is -0.315. The van der Waals surface area contributed by atoms with Gasteiger partial charge in [0, 0.05) is 44.3 Å². The van der Waals surface area contributed by atoms with Crippen LogP contribution in [0.25, 0.3) is 0 Å². The molecule has 0 aromatic heterocycles. The van der Waals surface area contributed by atoms with Gasteiger partial charge in [-0.3, -0.25) is 19.2 Å². The lowest BCUT2D eigenvalue weighted by atomic mass is 9.54. The Morgan fingerprint density at radius 1 is 0.824 bits per heavy atom. The van der Waals surface area contributed by atoms with Gasteiger partial charge in [0.1, 0.15) is 30.5 Å². The average molecular weight is 1030 g/mol. The Morgan fingerprint density at radius 3 is 1.91 bits per heavy atom. The van der Waals surface area contributed by atoms with Crippen molar-refractivity contribution in [2.75, 3.05) is 33.5 Å². The number of hydrogen-bond acceptors (Lipinski definition) is 16. The van der Waals surface area contributed by atoms with Crippen LogP contribution in [0.3, 0.4) is 0 Å². The number of carboxylic acids is 1. The molecule has 3 aromatic rings. The molecule has 1 amide bonds. The summed E-state index contributed by atoms with van der Waals surface area (Å²) in [5, 5.41) is 34.1. The van der Waals surface area contributed by atoms with Gasteiger partial charge in [-0.15, -0.1) is 0 Å². The molecule has 1 heterocycles. The number of ketones is 1. The molecule has 74 heavy (non-hydrogen) atoms. The molecule has 18 heteroatoms. The molecule has 4 N–H and O–H groups in total. The Morgan fingerprint density at radius 2 is 1.41 bits per heavy atom. The number of aliphatic carboxylic acids is 1. The number of carbonyl (C=O) groups is 7. The first-order valence-corrected chi connectivity index (χ1v) is 24.7. The fraction of sp³-hybridized carbons (Fsp3) is 0.518. The topological polar surface area (TPSA) is 257 Å². The summed E-state index contributed by atoms with van der Waals surface area (Å²) < 4.78 is 36.6. The summed E-state index contributed by atoms with van der Waals surface area (Å²) in [6.07, 6.45) is -0.210. The molecule has 404 valence electrons. The standard InChI is InChI=1S/C21H23NO7.C19H26O3.C16H24O7/c1-27-12-13-28-14-17(23)29-19(21(25)26)18(15-8-4-2-5-9-15)22-20(24)16-10-6-3-7-11-16;1-5-16(22-17(20)15-9-7-6-8-10-15)19(21)12-11-14(2)13-18(19,3)4;1-8(22-10(3)17)14(20)15(5)9(2)16(23-11(4)18)7-21-13(16)6-12(15)19/h2-11,18-19H,12-14H2,1H3,(H,22,24)(H,25,26);6-10,13,16,21H,5,11-12H2,1-4H3;8-9,12-13,19H,6-7H2,1-5H3/t18-,19+;16-,19+;8-,9+,12+,13-,15+,16-/m001/s1. The number of ether oxygens (including phenoxy) is 7. The Balaban J connectivity index is 0.000000243. The third-order valence-corrected chi connectivity index (χ3v) is 14.1. The largest absolute Gasteiger partial charge is 0.478 e. The monoisotopic (exact) mass is 1030 g/mol. The minimum absolute atomic E-state index is 0.163. The average Bonchev–Trinajstić information content (AvgIpc) is 3.36. The van der Waals surface area contributed by atoms with E-state index in [-0.39, 0.29) is 38.0 Å². The lowest BCUT2D eigenvalue weighted by Crippen LogP contribution is -2.74. The van der Waals surface area contributed by atoms with E-state index in [1.54, 1.807) is 86.6 Å². The van der Waals surface area contributed by atoms with E-state index < -0.39 is 101 Å². The number of aliphatic hydroxyl groups excluding tert-OH is 1. The van der Waals surface area contributed by atoms with E-state index in [0.29, 0.717) is 29.5 Å². The van der Waals surface area contributed by atoms with Crippen LogP contribution in [-0.2, 0) is 57.1 Å². The van der Waals surface area contributed by atoms with E-state index in [1.165, 1.54) is 33.5 Å². The minimum Gasteiger partial charge on any atom is -0.478 e. The van der Waals surface area contributed by atoms with E-state index in [9.17, 15) is 48.9 Å². The number of hydrogen-bond donors (Lipinski definition) is 4. The summed E-state index contributed by atoms with van der Waals surface area (Å²) in [7, 11) is 1.49. The number of nitrogens with one attached hydrogen (secondary N) is 1. The predicted molar refractivity (Wildman–Crippen MR) is 269 cm³/mol. The van der Waals surface area contributed by atoms with Gasteiger partial charge < -0.3 is 53.8 Å². The Hall–Kier alpha value is -6.31. The van der Waals surface area contributed by atoms with E-state index in [2.05, 4.69) is 18.3 Å². The highest BCUT2D eigenvalue weighted by molar-refractivity contribution is 5.95. The molecule has 3 aromatic carbocycles. The summed E-state index contributed by atoms with van der Waals surface area (Å²) in [6, 6.07) is 24.6. The second-order valence-corrected chi connectivity index (χ2v) is 19.5. The molecule has 0 spiro atoms. The van der Waals surface area contributed by atoms with Crippen LogP contribution in [-0.4, -0.2) is 132 Å². The van der Waals surface area contributed by atoms with Crippen LogP contribution in [0.1, 0.15) is 120 Å². The highest BCUT2D eigenvalue weighted by Gasteiger charge is 2.68. The lowest BCUT2D eigenvalue weighted by Gasteiger charge is -2.61. The highest BCUT2D eigenvalue weighted by Crippen LogP contribution is 2.54. The third kappa shape index (κ3) is 14.7. The molecule has 18 nitrogen and oxygen atoms in total.